The number of hydrogen-bond acceptors (Lipinski definition) is 6. The van der Waals surface area contributed by atoms with Crippen LogP contribution in [0.25, 0.3) is 0 Å². The van der Waals surface area contributed by atoms with Gasteiger partial charge in [0, 0.05) is 23.5 Å². The summed E-state index contributed by atoms with van der Waals surface area (Å²) in [6, 6.07) is 5.80. The first-order valence-corrected chi connectivity index (χ1v) is 9.93. The highest BCUT2D eigenvalue weighted by molar-refractivity contribution is 7.98. The van der Waals surface area contributed by atoms with Crippen LogP contribution in [-0.2, 0) is 20.7 Å². The number of nitrogens with zero attached hydrogens (tertiary/aromatic N) is 2. The fraction of sp³-hybridized carbons (Fsp3) is 0.400. The smallest absolute Gasteiger partial charge is 0.306 e. The number of anilines is 1. The molecule has 1 aromatic heterocycles. The predicted octanol–water partition coefficient (Wildman–Crippen LogP) is 3.55. The van der Waals surface area contributed by atoms with E-state index in [4.69, 9.17) is 4.74 Å². The summed E-state index contributed by atoms with van der Waals surface area (Å²) in [7, 11) is 0. The number of ether oxygens (including phenoxy) is 1. The third-order valence-electron chi connectivity index (χ3n) is 4.19. The standard InChI is InChI=1S/C20H25N3O3S/c1-12-6-7-13(2)17(10-12)23-18(24)11-26-19(25)9-8-16-14(3)21-20(27-5)22-15(16)4/h6-7,10H,8-9,11H2,1-5H3,(H,23,24). The number of hydrogen-bond donors (Lipinski definition) is 1. The van der Waals surface area contributed by atoms with Crippen molar-refractivity contribution in [2.24, 2.45) is 0 Å². The fourth-order valence-electron chi connectivity index (χ4n) is 2.66. The second-order valence-electron chi connectivity index (χ2n) is 6.39. The Morgan fingerprint density at radius 2 is 1.78 bits per heavy atom. The van der Waals surface area contributed by atoms with Gasteiger partial charge in [0.15, 0.2) is 11.8 Å². The zero-order valence-corrected chi connectivity index (χ0v) is 17.2. The average Bonchev–Trinajstić information content (AvgIpc) is 2.62. The fourth-order valence-corrected chi connectivity index (χ4v) is 3.12. The zero-order valence-electron chi connectivity index (χ0n) is 16.4. The Labute approximate surface area is 164 Å². The van der Waals surface area contributed by atoms with Crippen LogP contribution >= 0.6 is 11.8 Å². The molecule has 1 amide bonds. The van der Waals surface area contributed by atoms with Gasteiger partial charge in [-0.15, -0.1) is 0 Å². The van der Waals surface area contributed by atoms with Crippen molar-refractivity contribution in [3.63, 3.8) is 0 Å². The molecule has 0 radical (unpaired) electrons. The van der Waals surface area contributed by atoms with Crippen LogP contribution in [0.1, 0.15) is 34.5 Å². The summed E-state index contributed by atoms with van der Waals surface area (Å²) in [5, 5.41) is 3.49. The van der Waals surface area contributed by atoms with Gasteiger partial charge in [-0.2, -0.15) is 0 Å². The molecule has 1 N–H and O–H groups in total. The second kappa shape index (κ2) is 9.50. The van der Waals surface area contributed by atoms with Gasteiger partial charge in [-0.05, 0) is 63.1 Å². The van der Waals surface area contributed by atoms with Crippen molar-refractivity contribution >= 4 is 29.3 Å². The van der Waals surface area contributed by atoms with Crippen molar-refractivity contribution in [3.8, 4) is 0 Å². The Hall–Kier alpha value is -2.41. The van der Waals surface area contributed by atoms with Crippen LogP contribution in [0.3, 0.4) is 0 Å². The number of thioether (sulfide) groups is 1. The summed E-state index contributed by atoms with van der Waals surface area (Å²) >= 11 is 1.49. The van der Waals surface area contributed by atoms with E-state index in [1.165, 1.54) is 11.8 Å². The van der Waals surface area contributed by atoms with E-state index < -0.39 is 5.97 Å². The minimum absolute atomic E-state index is 0.181. The zero-order chi connectivity index (χ0) is 20.0. The van der Waals surface area contributed by atoms with Gasteiger partial charge in [-0.1, -0.05) is 23.9 Å². The van der Waals surface area contributed by atoms with E-state index >= 15 is 0 Å². The molecule has 144 valence electrons. The van der Waals surface area contributed by atoms with Crippen molar-refractivity contribution in [1.82, 2.24) is 9.97 Å². The van der Waals surface area contributed by atoms with E-state index in [0.717, 1.165) is 38.9 Å². The maximum absolute atomic E-state index is 12.0. The molecule has 0 saturated carbocycles. The number of carbonyl (C=O) groups excluding carboxylic acids is 2. The van der Waals surface area contributed by atoms with Crippen molar-refractivity contribution in [2.75, 3.05) is 18.2 Å². The van der Waals surface area contributed by atoms with E-state index in [2.05, 4.69) is 15.3 Å². The van der Waals surface area contributed by atoms with E-state index in [0.29, 0.717) is 6.42 Å². The van der Waals surface area contributed by atoms with Crippen LogP contribution in [0.4, 0.5) is 5.69 Å². The summed E-state index contributed by atoms with van der Waals surface area (Å²) in [5.74, 6) is -0.768. The van der Waals surface area contributed by atoms with Crippen LogP contribution in [0.5, 0.6) is 0 Å². The molecular weight excluding hydrogens is 362 g/mol. The number of amides is 1. The molecule has 7 heteroatoms. The Morgan fingerprint density at radius 1 is 1.11 bits per heavy atom. The lowest BCUT2D eigenvalue weighted by Crippen LogP contribution is -2.21. The van der Waals surface area contributed by atoms with Crippen molar-refractivity contribution in [2.45, 2.75) is 45.7 Å². The van der Waals surface area contributed by atoms with Crippen molar-refractivity contribution in [3.05, 3.63) is 46.3 Å². The third-order valence-corrected chi connectivity index (χ3v) is 4.74. The summed E-state index contributed by atoms with van der Waals surface area (Å²) in [6.07, 6.45) is 2.60. The molecule has 0 aliphatic rings. The van der Waals surface area contributed by atoms with Crippen LogP contribution in [0.2, 0.25) is 0 Å². The Balaban J connectivity index is 1.84. The van der Waals surface area contributed by atoms with E-state index in [-0.39, 0.29) is 18.9 Å². The van der Waals surface area contributed by atoms with Gasteiger partial charge in [0.2, 0.25) is 0 Å². The maximum atomic E-state index is 12.0. The minimum Gasteiger partial charge on any atom is -0.456 e. The molecule has 0 saturated heterocycles. The predicted molar refractivity (Wildman–Crippen MR) is 107 cm³/mol. The number of benzene rings is 1. The topological polar surface area (TPSA) is 81.2 Å². The molecule has 2 aromatic rings. The molecule has 0 fully saturated rings. The maximum Gasteiger partial charge on any atom is 0.306 e. The number of carbonyl (C=O) groups is 2. The normalized spacial score (nSPS) is 10.6. The van der Waals surface area contributed by atoms with E-state index in [1.54, 1.807) is 0 Å². The molecule has 0 aliphatic heterocycles. The lowest BCUT2D eigenvalue weighted by molar-refractivity contribution is -0.147. The SMILES string of the molecule is CSc1nc(C)c(CCC(=O)OCC(=O)Nc2cc(C)ccc2C)c(C)n1. The van der Waals surface area contributed by atoms with Crippen LogP contribution < -0.4 is 5.32 Å². The van der Waals surface area contributed by atoms with Gasteiger partial charge in [0.1, 0.15) is 0 Å². The van der Waals surface area contributed by atoms with Crippen LogP contribution in [0, 0.1) is 27.7 Å². The van der Waals surface area contributed by atoms with Gasteiger partial charge in [-0.3, -0.25) is 9.59 Å². The molecular formula is C20H25N3O3S. The molecule has 0 bridgehead atoms. The molecule has 0 atom stereocenters. The molecule has 0 spiro atoms. The monoisotopic (exact) mass is 387 g/mol. The Bertz CT molecular complexity index is 829. The number of aromatic nitrogens is 2. The first kappa shape index (κ1) is 20.9. The summed E-state index contributed by atoms with van der Waals surface area (Å²) in [4.78, 5) is 32.8. The second-order valence-corrected chi connectivity index (χ2v) is 7.16. The lowest BCUT2D eigenvalue weighted by Gasteiger charge is -2.11. The van der Waals surface area contributed by atoms with Gasteiger partial charge in [0.25, 0.3) is 5.91 Å². The van der Waals surface area contributed by atoms with Crippen molar-refractivity contribution in [1.29, 1.82) is 0 Å². The molecule has 1 heterocycles. The van der Waals surface area contributed by atoms with Crippen LogP contribution in [0.15, 0.2) is 23.4 Å². The largest absolute Gasteiger partial charge is 0.456 e. The third kappa shape index (κ3) is 6.06. The van der Waals surface area contributed by atoms with Gasteiger partial charge < -0.3 is 10.1 Å². The lowest BCUT2D eigenvalue weighted by atomic mass is 10.1. The summed E-state index contributed by atoms with van der Waals surface area (Å²) in [6.45, 7) is 7.39. The number of nitrogens with one attached hydrogen (secondary N) is 1. The van der Waals surface area contributed by atoms with Gasteiger partial charge in [0.05, 0.1) is 0 Å². The van der Waals surface area contributed by atoms with E-state index in [9.17, 15) is 9.59 Å². The number of aryl methyl sites for hydroxylation is 4. The minimum atomic E-state index is -0.418. The van der Waals surface area contributed by atoms with E-state index in [1.807, 2.05) is 52.1 Å². The average molecular weight is 388 g/mol. The highest BCUT2D eigenvalue weighted by Gasteiger charge is 2.13. The molecule has 1 aromatic carbocycles. The first-order chi connectivity index (χ1) is 12.8. The summed E-state index contributed by atoms with van der Waals surface area (Å²) < 4.78 is 5.10. The highest BCUT2D eigenvalue weighted by Crippen LogP contribution is 2.18. The summed E-state index contributed by atoms with van der Waals surface area (Å²) in [5.41, 5.74) is 5.42. The highest BCUT2D eigenvalue weighted by atomic mass is 32.2. The molecule has 6 nitrogen and oxygen atoms in total. The van der Waals surface area contributed by atoms with Crippen molar-refractivity contribution < 1.29 is 14.3 Å². The Morgan fingerprint density at radius 3 is 2.41 bits per heavy atom. The quantitative estimate of drug-likeness (QED) is 0.445. The molecule has 0 aliphatic carbocycles. The number of esters is 1. The molecule has 2 rings (SSSR count). The number of rotatable bonds is 7. The Kier molecular flexibility index (Phi) is 7.36. The van der Waals surface area contributed by atoms with Crippen LogP contribution in [-0.4, -0.2) is 34.7 Å². The molecule has 0 unspecified atom stereocenters. The molecule has 27 heavy (non-hydrogen) atoms. The first-order valence-electron chi connectivity index (χ1n) is 8.71. The van der Waals surface area contributed by atoms with Gasteiger partial charge >= 0.3 is 5.97 Å². The van der Waals surface area contributed by atoms with Gasteiger partial charge in [-0.25, -0.2) is 9.97 Å².